The van der Waals surface area contributed by atoms with Gasteiger partial charge in [-0.2, -0.15) is 13.2 Å². The number of hydrogen-bond donors (Lipinski definition) is 2. The Morgan fingerprint density at radius 3 is 2.58 bits per heavy atom. The zero-order valence-corrected chi connectivity index (χ0v) is 18.1. The molecule has 0 spiro atoms. The van der Waals surface area contributed by atoms with Gasteiger partial charge in [0, 0.05) is 24.0 Å². The third-order valence-electron chi connectivity index (χ3n) is 7.02. The van der Waals surface area contributed by atoms with E-state index in [-0.39, 0.29) is 29.5 Å². The topological polar surface area (TPSA) is 68.1 Å². The maximum atomic E-state index is 12.7. The first-order valence-corrected chi connectivity index (χ1v) is 11.3. The minimum atomic E-state index is -4.13. The van der Waals surface area contributed by atoms with E-state index in [1.54, 1.807) is 24.4 Å². The summed E-state index contributed by atoms with van der Waals surface area (Å²) >= 11 is 6.36. The molecule has 4 rings (SSSR count). The first-order chi connectivity index (χ1) is 14.7. The van der Waals surface area contributed by atoms with Crippen molar-refractivity contribution in [3.63, 3.8) is 0 Å². The molecule has 2 fully saturated rings. The van der Waals surface area contributed by atoms with Crippen LogP contribution < -0.4 is 16.0 Å². The van der Waals surface area contributed by atoms with Gasteiger partial charge in [-0.1, -0.05) is 11.6 Å². The fraction of sp³-hybridized carbons (Fsp3) is 0.609. The van der Waals surface area contributed by atoms with Crippen LogP contribution in [0.3, 0.4) is 0 Å². The maximum absolute atomic E-state index is 12.7. The molecule has 2 aromatic rings. The summed E-state index contributed by atoms with van der Waals surface area (Å²) in [5.74, 6) is 0.970. The quantitative estimate of drug-likeness (QED) is 0.540. The van der Waals surface area contributed by atoms with Gasteiger partial charge in [-0.25, -0.2) is 0 Å². The van der Waals surface area contributed by atoms with Crippen LogP contribution in [0.1, 0.15) is 57.8 Å². The second-order valence-corrected chi connectivity index (χ2v) is 9.60. The van der Waals surface area contributed by atoms with Gasteiger partial charge in [-0.05, 0) is 86.3 Å². The molecule has 0 unspecified atom stereocenters. The van der Waals surface area contributed by atoms with Crippen molar-refractivity contribution in [1.82, 2.24) is 4.98 Å². The number of halogens is 4. The number of aromatic nitrogens is 1. The van der Waals surface area contributed by atoms with E-state index in [1.165, 1.54) is 0 Å². The van der Waals surface area contributed by atoms with Crippen molar-refractivity contribution < 1.29 is 17.9 Å². The number of benzene rings is 1. The Kier molecular flexibility index (Phi) is 6.28. The fourth-order valence-corrected chi connectivity index (χ4v) is 5.30. The molecule has 1 heterocycles. The Bertz CT molecular complexity index is 979. The lowest BCUT2D eigenvalue weighted by molar-refractivity contribution is -0.137. The molecule has 31 heavy (non-hydrogen) atoms. The Morgan fingerprint density at radius 1 is 1.23 bits per heavy atom. The molecule has 2 aliphatic carbocycles. The first-order valence-electron chi connectivity index (χ1n) is 11.0. The van der Waals surface area contributed by atoms with Crippen molar-refractivity contribution in [3.8, 4) is 5.75 Å². The average molecular weight is 457 g/mol. The molecule has 0 aliphatic heterocycles. The number of H-pyrrole nitrogens is 1. The lowest BCUT2D eigenvalue weighted by atomic mass is 9.64. The average Bonchev–Trinajstić information content (AvgIpc) is 3.54. The molecule has 170 valence electrons. The fourth-order valence-electron chi connectivity index (χ4n) is 5.09. The largest absolute Gasteiger partial charge is 0.489 e. The second kappa shape index (κ2) is 8.66. The van der Waals surface area contributed by atoms with Gasteiger partial charge in [-0.15, -0.1) is 0 Å². The molecular weight excluding hydrogens is 429 g/mol. The summed E-state index contributed by atoms with van der Waals surface area (Å²) < 4.78 is 44.3. The van der Waals surface area contributed by atoms with Crippen molar-refractivity contribution in [2.45, 2.75) is 76.1 Å². The number of alkyl halides is 3. The molecule has 1 aromatic carbocycles. The number of rotatable bonds is 7. The molecule has 1 atom stereocenters. The standard InChI is InChI=1S/C23H28ClF3N2O2/c24-18-13-17-15(6-11-29-21(17)30)12-19(18)31-16-4-9-22(10-5-16,20(28)14-2-3-14)7-1-8-23(25,26)27/h6,11-14,16,20H,1-5,7-10,28H2,(H,29,30)/t16-,20-,22-/m1/s1. The predicted octanol–water partition coefficient (Wildman–Crippen LogP) is 5.96. The van der Waals surface area contributed by atoms with Gasteiger partial charge in [0.2, 0.25) is 0 Å². The second-order valence-electron chi connectivity index (χ2n) is 9.19. The Hall–Kier alpha value is -1.73. The highest BCUT2D eigenvalue weighted by Gasteiger charge is 2.46. The van der Waals surface area contributed by atoms with Crippen molar-refractivity contribution in [2.24, 2.45) is 17.1 Å². The van der Waals surface area contributed by atoms with Gasteiger partial charge in [0.15, 0.2) is 0 Å². The number of nitrogens with two attached hydrogens (primary N) is 1. The van der Waals surface area contributed by atoms with Gasteiger partial charge < -0.3 is 15.5 Å². The third-order valence-corrected chi connectivity index (χ3v) is 7.32. The molecule has 2 saturated carbocycles. The zero-order chi connectivity index (χ0) is 22.2. The summed E-state index contributed by atoms with van der Waals surface area (Å²) in [6.07, 6.45) is 2.41. The number of ether oxygens (including phenoxy) is 1. The van der Waals surface area contributed by atoms with Crippen molar-refractivity contribution in [1.29, 1.82) is 0 Å². The highest BCUT2D eigenvalue weighted by molar-refractivity contribution is 6.32. The van der Waals surface area contributed by atoms with Gasteiger partial charge in [0.1, 0.15) is 5.75 Å². The van der Waals surface area contributed by atoms with E-state index in [0.29, 0.717) is 28.5 Å². The van der Waals surface area contributed by atoms with E-state index in [0.717, 1.165) is 43.9 Å². The molecule has 1 aromatic heterocycles. The summed E-state index contributed by atoms with van der Waals surface area (Å²) in [6, 6.07) is 5.13. The van der Waals surface area contributed by atoms with Crippen molar-refractivity contribution in [2.75, 3.05) is 0 Å². The number of fused-ring (bicyclic) bond motifs is 1. The highest BCUT2D eigenvalue weighted by Crippen LogP contribution is 2.50. The van der Waals surface area contributed by atoms with Crippen molar-refractivity contribution >= 4 is 22.4 Å². The van der Waals surface area contributed by atoms with Crippen LogP contribution in [-0.2, 0) is 0 Å². The maximum Gasteiger partial charge on any atom is 0.389 e. The SMILES string of the molecule is N[C@H](C1CC1)[C@]1(CCCC(F)(F)F)CC[C@@H](Oc2cc3cc[nH]c(=O)c3cc2Cl)CC1. The highest BCUT2D eigenvalue weighted by atomic mass is 35.5. The van der Waals surface area contributed by atoms with Crippen LogP contribution in [0.15, 0.2) is 29.2 Å². The van der Waals surface area contributed by atoms with Gasteiger partial charge in [0.25, 0.3) is 5.56 Å². The molecule has 0 amide bonds. The van der Waals surface area contributed by atoms with E-state index in [4.69, 9.17) is 22.1 Å². The van der Waals surface area contributed by atoms with Crippen LogP contribution in [0.25, 0.3) is 10.8 Å². The lowest BCUT2D eigenvalue weighted by Gasteiger charge is -2.45. The van der Waals surface area contributed by atoms with Crippen LogP contribution in [0.2, 0.25) is 5.02 Å². The van der Waals surface area contributed by atoms with E-state index >= 15 is 0 Å². The number of pyridine rings is 1. The third kappa shape index (κ3) is 5.20. The van der Waals surface area contributed by atoms with Crippen LogP contribution in [0, 0.1) is 11.3 Å². The molecule has 0 bridgehead atoms. The summed E-state index contributed by atoms with van der Waals surface area (Å²) in [6.45, 7) is 0. The summed E-state index contributed by atoms with van der Waals surface area (Å²) in [5, 5.41) is 1.62. The van der Waals surface area contributed by atoms with Gasteiger partial charge >= 0.3 is 6.18 Å². The molecule has 0 saturated heterocycles. The van der Waals surface area contributed by atoms with Crippen molar-refractivity contribution in [3.05, 3.63) is 39.8 Å². The van der Waals surface area contributed by atoms with Gasteiger partial charge in [-0.3, -0.25) is 4.79 Å². The van der Waals surface area contributed by atoms with E-state index in [9.17, 15) is 18.0 Å². The Labute approximate surface area is 184 Å². The molecular formula is C23H28ClF3N2O2. The van der Waals surface area contributed by atoms with E-state index in [1.807, 2.05) is 0 Å². The number of aromatic amines is 1. The smallest absolute Gasteiger partial charge is 0.389 e. The summed E-state index contributed by atoms with van der Waals surface area (Å²) in [4.78, 5) is 14.6. The minimum absolute atomic E-state index is 0.0438. The number of hydrogen-bond acceptors (Lipinski definition) is 3. The van der Waals surface area contributed by atoms with E-state index < -0.39 is 12.6 Å². The summed E-state index contributed by atoms with van der Waals surface area (Å²) in [5.41, 5.74) is 6.11. The monoisotopic (exact) mass is 456 g/mol. The first kappa shape index (κ1) is 22.5. The minimum Gasteiger partial charge on any atom is -0.489 e. The number of nitrogens with one attached hydrogen (secondary N) is 1. The Morgan fingerprint density at radius 2 is 1.94 bits per heavy atom. The summed E-state index contributed by atoms with van der Waals surface area (Å²) in [7, 11) is 0. The van der Waals surface area contributed by atoms with E-state index in [2.05, 4.69) is 4.98 Å². The normalized spacial score (nSPS) is 25.5. The lowest BCUT2D eigenvalue weighted by Crippen LogP contribution is -2.47. The van der Waals surface area contributed by atoms with Gasteiger partial charge in [0.05, 0.1) is 11.1 Å². The van der Waals surface area contributed by atoms with Crippen LogP contribution in [-0.4, -0.2) is 23.3 Å². The molecule has 8 heteroatoms. The zero-order valence-electron chi connectivity index (χ0n) is 17.3. The van der Waals surface area contributed by atoms with Crippen LogP contribution in [0.4, 0.5) is 13.2 Å². The molecule has 0 radical (unpaired) electrons. The molecule has 3 N–H and O–H groups in total. The molecule has 2 aliphatic rings. The Balaban J connectivity index is 1.44. The van der Waals surface area contributed by atoms with Crippen LogP contribution in [0.5, 0.6) is 5.75 Å². The molecule has 4 nitrogen and oxygen atoms in total. The van der Waals surface area contributed by atoms with Crippen LogP contribution >= 0.6 is 11.6 Å². The predicted molar refractivity (Wildman–Crippen MR) is 116 cm³/mol.